The number of thiophene rings is 1. The number of aryl methyl sites for hydroxylation is 1. The van der Waals surface area contributed by atoms with Gasteiger partial charge in [0, 0.05) is 42.2 Å². The highest BCUT2D eigenvalue weighted by Crippen LogP contribution is 2.42. The molecule has 0 aliphatic carbocycles. The van der Waals surface area contributed by atoms with Crippen LogP contribution in [0.25, 0.3) is 32.1 Å². The fourth-order valence-corrected chi connectivity index (χ4v) is 4.65. The molecule has 3 N–H and O–H groups in total. The number of pyridine rings is 1. The van der Waals surface area contributed by atoms with Gasteiger partial charge in [-0.1, -0.05) is 12.1 Å². The van der Waals surface area contributed by atoms with Gasteiger partial charge >= 0.3 is 6.09 Å². The lowest BCUT2D eigenvalue weighted by molar-refractivity contribution is 0.195. The van der Waals surface area contributed by atoms with Crippen LogP contribution in [0.4, 0.5) is 10.5 Å². The Balaban J connectivity index is 1.82. The maximum absolute atomic E-state index is 12.5. The van der Waals surface area contributed by atoms with Crippen LogP contribution in [0.1, 0.15) is 5.56 Å². The van der Waals surface area contributed by atoms with Crippen molar-refractivity contribution in [3.05, 3.63) is 57.7 Å². The second-order valence-electron chi connectivity index (χ2n) is 7.34. The van der Waals surface area contributed by atoms with Gasteiger partial charge in [-0.25, -0.2) is 4.79 Å². The molecule has 2 heterocycles. The van der Waals surface area contributed by atoms with Crippen molar-refractivity contribution in [3.63, 3.8) is 0 Å². The van der Waals surface area contributed by atoms with Crippen molar-refractivity contribution >= 4 is 44.1 Å². The van der Waals surface area contributed by atoms with Gasteiger partial charge in [-0.05, 0) is 47.7 Å². The van der Waals surface area contributed by atoms with Crippen molar-refractivity contribution in [2.45, 2.75) is 6.92 Å². The average molecular weight is 438 g/mol. The predicted molar refractivity (Wildman–Crippen MR) is 126 cm³/mol. The van der Waals surface area contributed by atoms with Gasteiger partial charge in [0.05, 0.1) is 12.6 Å². The molecule has 0 spiro atoms. The monoisotopic (exact) mass is 437 g/mol. The second kappa shape index (κ2) is 8.31. The van der Waals surface area contributed by atoms with E-state index in [1.165, 1.54) is 11.3 Å². The van der Waals surface area contributed by atoms with Gasteiger partial charge in [0.15, 0.2) is 0 Å². The molecule has 31 heavy (non-hydrogen) atoms. The largest absolute Gasteiger partial charge is 0.496 e. The van der Waals surface area contributed by atoms with Gasteiger partial charge in [-0.15, -0.1) is 11.3 Å². The van der Waals surface area contributed by atoms with Crippen LogP contribution in [0.5, 0.6) is 5.75 Å². The number of amides is 1. The fraction of sp³-hybridized carbons (Fsp3) is 0.217. The second-order valence-corrected chi connectivity index (χ2v) is 8.25. The lowest BCUT2D eigenvalue weighted by atomic mass is 9.95. The molecule has 4 aromatic rings. The van der Waals surface area contributed by atoms with Crippen LogP contribution >= 0.6 is 11.3 Å². The minimum atomic E-state index is -1.03. The van der Waals surface area contributed by atoms with Crippen molar-refractivity contribution in [2.24, 2.45) is 0 Å². The molecule has 160 valence electrons. The van der Waals surface area contributed by atoms with E-state index in [1.807, 2.05) is 60.6 Å². The Morgan fingerprint density at radius 1 is 1.26 bits per heavy atom. The number of fused-ring (bicyclic) bond motifs is 3. The molecule has 8 heteroatoms. The van der Waals surface area contributed by atoms with E-state index in [-0.39, 0.29) is 5.56 Å². The summed E-state index contributed by atoms with van der Waals surface area (Å²) in [6, 6.07) is 12.0. The van der Waals surface area contributed by atoms with Crippen LogP contribution in [0.2, 0.25) is 0 Å². The van der Waals surface area contributed by atoms with E-state index in [0.717, 1.165) is 44.4 Å². The summed E-state index contributed by atoms with van der Waals surface area (Å²) in [5.41, 5.74) is 4.56. The summed E-state index contributed by atoms with van der Waals surface area (Å²) >= 11 is 1.43. The molecular weight excluding hydrogens is 414 g/mol. The summed E-state index contributed by atoms with van der Waals surface area (Å²) in [6.07, 6.45) is -1.03. The Morgan fingerprint density at radius 3 is 2.68 bits per heavy atom. The van der Waals surface area contributed by atoms with E-state index in [2.05, 4.69) is 10.3 Å². The highest BCUT2D eigenvalue weighted by molar-refractivity contribution is 7.17. The molecule has 0 aliphatic heterocycles. The maximum Gasteiger partial charge on any atom is 0.404 e. The number of hydrogen-bond acceptors (Lipinski definition) is 5. The summed E-state index contributed by atoms with van der Waals surface area (Å²) < 4.78 is 6.43. The Labute approximate surface area is 182 Å². The van der Waals surface area contributed by atoms with Crippen molar-refractivity contribution in [3.8, 4) is 16.9 Å². The quantitative estimate of drug-likeness (QED) is 0.415. The predicted octanol–water partition coefficient (Wildman–Crippen LogP) is 4.43. The normalized spacial score (nSPS) is 11.1. The van der Waals surface area contributed by atoms with E-state index in [0.29, 0.717) is 17.8 Å². The number of ether oxygens (including phenoxy) is 1. The maximum atomic E-state index is 12.5. The first kappa shape index (κ1) is 20.7. The third-order valence-corrected chi connectivity index (χ3v) is 6.32. The Bertz CT molecular complexity index is 1320. The molecule has 0 bridgehead atoms. The number of nitrogens with one attached hydrogen (secondary N) is 2. The summed E-state index contributed by atoms with van der Waals surface area (Å²) in [5.74, 6) is 0.747. The standard InChI is InChI=1S/C23H23N3O4S/c1-13-12-17(30-3)18(19-16-8-11-31-21(16)22(27)25-20(13)19)14-4-6-15(7-5-14)26(2)10-9-24-23(28)29/h4-8,11-12,24H,9-10H2,1-3H3,(H,25,27)(H,28,29). The first-order valence-corrected chi connectivity index (χ1v) is 10.7. The number of anilines is 1. The number of hydrogen-bond donors (Lipinski definition) is 3. The van der Waals surface area contributed by atoms with Crippen molar-refractivity contribution in [1.29, 1.82) is 0 Å². The molecule has 0 fully saturated rings. The number of aromatic amines is 1. The topological polar surface area (TPSA) is 94.7 Å². The van der Waals surface area contributed by atoms with Gasteiger partial charge in [-0.3, -0.25) is 4.79 Å². The Morgan fingerprint density at radius 2 is 2.00 bits per heavy atom. The molecular formula is C23H23N3O4S. The highest BCUT2D eigenvalue weighted by atomic mass is 32.1. The molecule has 0 aliphatic rings. The molecule has 2 aromatic carbocycles. The van der Waals surface area contributed by atoms with Crippen LogP contribution < -0.4 is 20.5 Å². The van der Waals surface area contributed by atoms with Crippen LogP contribution in [0.15, 0.2) is 46.6 Å². The number of carbonyl (C=O) groups is 1. The lowest BCUT2D eigenvalue weighted by Crippen LogP contribution is -2.31. The first-order valence-electron chi connectivity index (χ1n) is 9.80. The molecule has 0 unspecified atom stereocenters. The number of methoxy groups -OCH3 is 1. The zero-order chi connectivity index (χ0) is 22.1. The van der Waals surface area contributed by atoms with Gasteiger partial charge in [-0.2, -0.15) is 0 Å². The number of likely N-dealkylation sites (N-methyl/N-ethyl adjacent to an activating group) is 1. The summed E-state index contributed by atoms with van der Waals surface area (Å²) in [7, 11) is 3.57. The van der Waals surface area contributed by atoms with Crippen LogP contribution in [-0.2, 0) is 0 Å². The number of carboxylic acid groups (broad SMARTS) is 1. The van der Waals surface area contributed by atoms with Gasteiger partial charge < -0.3 is 25.0 Å². The Hall–Kier alpha value is -3.52. The number of benzene rings is 2. The van der Waals surface area contributed by atoms with Crippen molar-refractivity contribution < 1.29 is 14.6 Å². The van der Waals surface area contributed by atoms with E-state index >= 15 is 0 Å². The van der Waals surface area contributed by atoms with Gasteiger partial charge in [0.1, 0.15) is 10.4 Å². The van der Waals surface area contributed by atoms with E-state index in [4.69, 9.17) is 9.84 Å². The van der Waals surface area contributed by atoms with Crippen molar-refractivity contribution in [1.82, 2.24) is 10.3 Å². The molecule has 7 nitrogen and oxygen atoms in total. The molecule has 0 saturated heterocycles. The van der Waals surface area contributed by atoms with Crippen molar-refractivity contribution in [2.75, 3.05) is 32.1 Å². The van der Waals surface area contributed by atoms with Crippen LogP contribution in [0, 0.1) is 6.92 Å². The minimum absolute atomic E-state index is 0.0799. The smallest absolute Gasteiger partial charge is 0.404 e. The minimum Gasteiger partial charge on any atom is -0.496 e. The summed E-state index contributed by atoms with van der Waals surface area (Å²) in [4.78, 5) is 28.2. The zero-order valence-corrected chi connectivity index (χ0v) is 18.3. The van der Waals surface area contributed by atoms with E-state index in [9.17, 15) is 9.59 Å². The number of nitrogens with zero attached hydrogens (tertiary/aromatic N) is 1. The SMILES string of the molecule is COc1cc(C)c2[nH]c(=O)c3sccc3c2c1-c1ccc(N(C)CCNC(=O)O)cc1. The third kappa shape index (κ3) is 3.82. The van der Waals surface area contributed by atoms with E-state index in [1.54, 1.807) is 7.11 Å². The molecule has 2 aromatic heterocycles. The number of rotatable bonds is 6. The molecule has 0 saturated carbocycles. The van der Waals surface area contributed by atoms with Gasteiger partial charge in [0.2, 0.25) is 0 Å². The summed E-state index contributed by atoms with van der Waals surface area (Å²) in [6.45, 7) is 2.86. The average Bonchev–Trinajstić information content (AvgIpc) is 3.25. The molecule has 1 amide bonds. The number of aromatic nitrogens is 1. The number of H-pyrrole nitrogens is 1. The molecule has 0 radical (unpaired) electrons. The zero-order valence-electron chi connectivity index (χ0n) is 17.5. The molecule has 4 rings (SSSR count). The Kier molecular flexibility index (Phi) is 5.56. The molecule has 0 atom stereocenters. The highest BCUT2D eigenvalue weighted by Gasteiger charge is 2.18. The van der Waals surface area contributed by atoms with E-state index < -0.39 is 6.09 Å². The van der Waals surface area contributed by atoms with Crippen LogP contribution in [-0.4, -0.2) is 43.4 Å². The fourth-order valence-electron chi connectivity index (χ4n) is 3.86. The van der Waals surface area contributed by atoms with Gasteiger partial charge in [0.25, 0.3) is 5.56 Å². The first-order chi connectivity index (χ1) is 14.9. The van der Waals surface area contributed by atoms with Crippen LogP contribution in [0.3, 0.4) is 0 Å². The third-order valence-electron chi connectivity index (χ3n) is 5.41. The lowest BCUT2D eigenvalue weighted by Gasteiger charge is -2.20. The summed E-state index contributed by atoms with van der Waals surface area (Å²) in [5, 5.41) is 14.9.